The second kappa shape index (κ2) is 8.10. The van der Waals surface area contributed by atoms with E-state index in [4.69, 9.17) is 5.26 Å². The first-order chi connectivity index (χ1) is 11.9. The topological polar surface area (TPSA) is 73.1 Å². The highest BCUT2D eigenvalue weighted by Crippen LogP contribution is 2.24. The van der Waals surface area contributed by atoms with Crippen LogP contribution in [0.1, 0.15) is 18.1 Å². The molecule has 0 heterocycles. The molecule has 2 N–H and O–H groups in total. The Balaban J connectivity index is 2.03. The van der Waals surface area contributed by atoms with Gasteiger partial charge in [0.25, 0.3) is 5.91 Å². The number of carbonyl (C=O) groups is 1. The number of aliphatic hydroxyl groups is 1. The van der Waals surface area contributed by atoms with Crippen LogP contribution in [-0.2, 0) is 11.5 Å². The van der Waals surface area contributed by atoms with Gasteiger partial charge in [0.15, 0.2) is 0 Å². The number of carbonyl (C=O) groups excluding carboxylic acids is 1. The minimum Gasteiger partial charge on any atom is -0.379 e. The molecule has 0 bridgehead atoms. The molecule has 0 aliphatic rings. The van der Waals surface area contributed by atoms with Gasteiger partial charge in [-0.1, -0.05) is 0 Å². The smallest absolute Gasteiger partial charge is 0.256 e. The Morgan fingerprint density at radius 2 is 2.00 bits per heavy atom. The number of hydrogen-bond donors (Lipinski definition) is 2. The minimum absolute atomic E-state index is 0.0523. The Labute approximate surface area is 148 Å². The van der Waals surface area contributed by atoms with Crippen LogP contribution in [0.5, 0.6) is 0 Å². The van der Waals surface area contributed by atoms with Crippen molar-refractivity contribution in [3.63, 3.8) is 0 Å². The van der Waals surface area contributed by atoms with Crippen molar-refractivity contribution < 1.29 is 18.7 Å². The summed E-state index contributed by atoms with van der Waals surface area (Å²) in [5, 5.41) is 21.7. The van der Waals surface area contributed by atoms with Crippen LogP contribution >= 0.6 is 11.8 Å². The van der Waals surface area contributed by atoms with Gasteiger partial charge in [0, 0.05) is 21.9 Å². The molecule has 0 saturated carbocycles. The van der Waals surface area contributed by atoms with Crippen LogP contribution in [0.3, 0.4) is 0 Å². The number of alkyl halides is 1. The zero-order valence-corrected chi connectivity index (χ0v) is 14.2. The van der Waals surface area contributed by atoms with Crippen molar-refractivity contribution >= 4 is 23.4 Å². The molecular formula is C18H16F2N2O2S. The number of rotatable bonds is 6. The van der Waals surface area contributed by atoms with Crippen LogP contribution in [0, 0.1) is 17.1 Å². The summed E-state index contributed by atoms with van der Waals surface area (Å²) in [5.74, 6) is -0.966. The average Bonchev–Trinajstić information content (AvgIpc) is 2.61. The third-order valence-corrected chi connectivity index (χ3v) is 4.76. The quantitative estimate of drug-likeness (QED) is 0.770. The van der Waals surface area contributed by atoms with Crippen LogP contribution in [0.4, 0.5) is 14.5 Å². The molecule has 2 aromatic rings. The van der Waals surface area contributed by atoms with Crippen molar-refractivity contribution in [2.45, 2.75) is 24.1 Å². The number of nitriles is 1. The largest absolute Gasteiger partial charge is 0.379 e. The molecule has 0 aliphatic heterocycles. The Hall–Kier alpha value is -2.43. The fourth-order valence-electron chi connectivity index (χ4n) is 1.98. The molecule has 0 radical (unpaired) electrons. The number of nitrogens with one attached hydrogen (secondary N) is 1. The van der Waals surface area contributed by atoms with Gasteiger partial charge in [-0.25, -0.2) is 8.78 Å². The first-order valence-corrected chi connectivity index (χ1v) is 8.35. The molecule has 7 heteroatoms. The fraction of sp³-hybridized carbons (Fsp3) is 0.222. The minimum atomic E-state index is -1.69. The van der Waals surface area contributed by atoms with E-state index in [1.807, 2.05) is 6.07 Å². The molecule has 1 amide bonds. The molecule has 1 unspecified atom stereocenters. The Bertz CT molecular complexity index is 802. The molecule has 0 aromatic heterocycles. The number of anilines is 1. The van der Waals surface area contributed by atoms with Gasteiger partial charge in [-0.05, 0) is 49.4 Å². The van der Waals surface area contributed by atoms with E-state index < -0.39 is 18.2 Å². The van der Waals surface area contributed by atoms with Crippen LogP contribution in [0.2, 0.25) is 0 Å². The van der Waals surface area contributed by atoms with Crippen molar-refractivity contribution in [3.8, 4) is 6.07 Å². The molecule has 25 heavy (non-hydrogen) atoms. The third kappa shape index (κ3) is 5.02. The lowest BCUT2D eigenvalue weighted by Crippen LogP contribution is -2.42. The standard InChI is InChI=1S/C18H16F2N2O2S/c1-18(24,11-25-16-6-3-14(20)4-7-16)17(23)22-15-5-2-12(10-21)13(8-15)9-19/h2-8,24H,9,11H2,1H3,(H,22,23). The van der Waals surface area contributed by atoms with Gasteiger partial charge in [0.2, 0.25) is 0 Å². The van der Waals surface area contributed by atoms with E-state index in [1.165, 1.54) is 49.0 Å². The molecule has 0 saturated heterocycles. The SMILES string of the molecule is CC(O)(CSc1ccc(F)cc1)C(=O)Nc1ccc(C#N)c(CF)c1. The average molecular weight is 362 g/mol. The molecule has 0 fully saturated rings. The van der Waals surface area contributed by atoms with Gasteiger partial charge in [0.1, 0.15) is 18.1 Å². The molecule has 4 nitrogen and oxygen atoms in total. The number of halogens is 2. The molecule has 130 valence electrons. The van der Waals surface area contributed by atoms with Crippen LogP contribution < -0.4 is 5.32 Å². The highest BCUT2D eigenvalue weighted by atomic mass is 32.2. The summed E-state index contributed by atoms with van der Waals surface area (Å²) < 4.78 is 25.8. The summed E-state index contributed by atoms with van der Waals surface area (Å²) in [6.07, 6.45) is 0. The van der Waals surface area contributed by atoms with E-state index in [9.17, 15) is 18.7 Å². The lowest BCUT2D eigenvalue weighted by molar-refractivity contribution is -0.130. The monoisotopic (exact) mass is 362 g/mol. The van der Waals surface area contributed by atoms with Crippen LogP contribution in [0.15, 0.2) is 47.4 Å². The summed E-state index contributed by atoms with van der Waals surface area (Å²) in [6.45, 7) is 0.530. The van der Waals surface area contributed by atoms with E-state index in [1.54, 1.807) is 12.1 Å². The maximum atomic E-state index is 12.9. The summed E-state index contributed by atoms with van der Waals surface area (Å²) in [6, 6.07) is 11.8. The maximum absolute atomic E-state index is 12.9. The molecular weight excluding hydrogens is 346 g/mol. The van der Waals surface area contributed by atoms with E-state index in [0.29, 0.717) is 10.6 Å². The molecule has 0 spiro atoms. The molecule has 0 aliphatic carbocycles. The second-order valence-corrected chi connectivity index (χ2v) is 6.64. The zero-order chi connectivity index (χ0) is 18.4. The van der Waals surface area contributed by atoms with Gasteiger partial charge in [-0.15, -0.1) is 11.8 Å². The van der Waals surface area contributed by atoms with Gasteiger partial charge >= 0.3 is 0 Å². The maximum Gasteiger partial charge on any atom is 0.256 e. The van der Waals surface area contributed by atoms with Crippen LogP contribution in [-0.4, -0.2) is 22.4 Å². The van der Waals surface area contributed by atoms with E-state index >= 15 is 0 Å². The number of nitrogens with zero attached hydrogens (tertiary/aromatic N) is 1. The van der Waals surface area contributed by atoms with Gasteiger partial charge in [-0.3, -0.25) is 4.79 Å². The highest BCUT2D eigenvalue weighted by Gasteiger charge is 2.30. The summed E-state index contributed by atoms with van der Waals surface area (Å²) >= 11 is 1.21. The lowest BCUT2D eigenvalue weighted by atomic mass is 10.1. The first-order valence-electron chi connectivity index (χ1n) is 7.37. The van der Waals surface area contributed by atoms with Gasteiger partial charge < -0.3 is 10.4 Å². The predicted molar refractivity (Wildman–Crippen MR) is 92.3 cm³/mol. The highest BCUT2D eigenvalue weighted by molar-refractivity contribution is 7.99. The third-order valence-electron chi connectivity index (χ3n) is 3.45. The summed E-state index contributed by atoms with van der Waals surface area (Å²) in [5.41, 5.74) is -1.04. The van der Waals surface area contributed by atoms with Crippen LogP contribution in [0.25, 0.3) is 0 Å². The number of thioether (sulfide) groups is 1. The summed E-state index contributed by atoms with van der Waals surface area (Å²) in [4.78, 5) is 13.0. The fourth-order valence-corrected chi connectivity index (χ4v) is 2.88. The lowest BCUT2D eigenvalue weighted by Gasteiger charge is -2.22. The number of amides is 1. The van der Waals surface area contributed by atoms with E-state index in [2.05, 4.69) is 5.32 Å². The predicted octanol–water partition coefficient (Wildman–Crippen LogP) is 3.65. The van der Waals surface area contributed by atoms with Gasteiger partial charge in [0.05, 0.1) is 11.6 Å². The molecule has 2 rings (SSSR count). The van der Waals surface area contributed by atoms with E-state index in [0.717, 1.165) is 0 Å². The normalized spacial score (nSPS) is 12.9. The van der Waals surface area contributed by atoms with Gasteiger partial charge in [-0.2, -0.15) is 5.26 Å². The number of hydrogen-bond acceptors (Lipinski definition) is 4. The van der Waals surface area contributed by atoms with Crippen molar-refractivity contribution in [1.82, 2.24) is 0 Å². The first kappa shape index (κ1) is 18.9. The van der Waals surface area contributed by atoms with Crippen molar-refractivity contribution in [2.24, 2.45) is 0 Å². The molecule has 2 aromatic carbocycles. The second-order valence-electron chi connectivity index (χ2n) is 5.59. The summed E-state index contributed by atoms with van der Waals surface area (Å²) in [7, 11) is 0. The van der Waals surface area contributed by atoms with E-state index in [-0.39, 0.29) is 22.7 Å². The number of benzene rings is 2. The Kier molecular flexibility index (Phi) is 6.12. The Morgan fingerprint density at radius 1 is 1.32 bits per heavy atom. The van der Waals surface area contributed by atoms with Crippen molar-refractivity contribution in [3.05, 3.63) is 59.4 Å². The van der Waals surface area contributed by atoms with Crippen molar-refractivity contribution in [2.75, 3.05) is 11.1 Å². The molecule has 1 atom stereocenters. The van der Waals surface area contributed by atoms with Crippen molar-refractivity contribution in [1.29, 1.82) is 5.26 Å². The zero-order valence-electron chi connectivity index (χ0n) is 13.4. The Morgan fingerprint density at radius 3 is 2.60 bits per heavy atom.